The number of aromatic amines is 1. The van der Waals surface area contributed by atoms with Gasteiger partial charge in [0.1, 0.15) is 11.6 Å². The third-order valence-corrected chi connectivity index (χ3v) is 1.93. The van der Waals surface area contributed by atoms with Crippen LogP contribution in [0.4, 0.5) is 4.39 Å². The molecule has 1 aromatic carbocycles. The van der Waals surface area contributed by atoms with Gasteiger partial charge in [-0.15, -0.1) is 0 Å². The fourth-order valence-corrected chi connectivity index (χ4v) is 1.25. The van der Waals surface area contributed by atoms with Crippen molar-refractivity contribution in [2.75, 3.05) is 0 Å². The van der Waals surface area contributed by atoms with Gasteiger partial charge in [-0.05, 0) is 18.2 Å². The Hall–Kier alpha value is -2.17. The third kappa shape index (κ3) is 1.71. The van der Waals surface area contributed by atoms with Gasteiger partial charge in [0.2, 0.25) is 0 Å². The zero-order valence-electron chi connectivity index (χ0n) is 7.57. The minimum atomic E-state index is -0.588. The number of phenolic OH excluding ortho intramolecular Hbond substituents is 1. The number of rotatable bonds is 1. The van der Waals surface area contributed by atoms with Crippen LogP contribution in [-0.4, -0.2) is 15.3 Å². The van der Waals surface area contributed by atoms with Crippen LogP contribution in [0, 0.1) is 5.82 Å². The van der Waals surface area contributed by atoms with Gasteiger partial charge in [-0.25, -0.2) is 9.49 Å². The molecule has 0 atom stereocenters. The predicted octanol–water partition coefficient (Wildman–Crippen LogP) is 1.28. The van der Waals surface area contributed by atoms with Crippen molar-refractivity contribution in [3.8, 4) is 17.0 Å². The molecule has 2 N–H and O–H groups in total. The summed E-state index contributed by atoms with van der Waals surface area (Å²) in [6.45, 7) is 0. The SMILES string of the molecule is O=c1ccc(-c2c(O)cccc2F)n[nH]1. The van der Waals surface area contributed by atoms with Crippen molar-refractivity contribution in [2.24, 2.45) is 0 Å². The molecule has 0 spiro atoms. The lowest BCUT2D eigenvalue weighted by molar-refractivity contribution is 0.471. The second-order valence-corrected chi connectivity index (χ2v) is 2.94. The lowest BCUT2D eigenvalue weighted by atomic mass is 10.1. The molecule has 0 aliphatic rings. The Balaban J connectivity index is 2.63. The zero-order chi connectivity index (χ0) is 10.8. The number of aromatic hydroxyl groups is 1. The first-order valence-electron chi connectivity index (χ1n) is 4.22. The highest BCUT2D eigenvalue weighted by Gasteiger charge is 2.11. The van der Waals surface area contributed by atoms with E-state index < -0.39 is 5.82 Å². The summed E-state index contributed by atoms with van der Waals surface area (Å²) >= 11 is 0. The summed E-state index contributed by atoms with van der Waals surface area (Å²) in [6, 6.07) is 6.51. The minimum absolute atomic E-state index is 0.0197. The van der Waals surface area contributed by atoms with Gasteiger partial charge in [-0.3, -0.25) is 4.79 Å². The normalized spacial score (nSPS) is 10.2. The van der Waals surface area contributed by atoms with E-state index >= 15 is 0 Å². The van der Waals surface area contributed by atoms with E-state index in [0.717, 1.165) is 0 Å². The molecule has 5 heteroatoms. The molecule has 0 saturated heterocycles. The highest BCUT2D eigenvalue weighted by atomic mass is 19.1. The monoisotopic (exact) mass is 206 g/mol. The molecule has 0 fully saturated rings. The van der Waals surface area contributed by atoms with Crippen LogP contribution < -0.4 is 5.56 Å². The van der Waals surface area contributed by atoms with Gasteiger partial charge >= 0.3 is 0 Å². The van der Waals surface area contributed by atoms with Crippen LogP contribution in [0.25, 0.3) is 11.3 Å². The fourth-order valence-electron chi connectivity index (χ4n) is 1.25. The second-order valence-electron chi connectivity index (χ2n) is 2.94. The Kier molecular flexibility index (Phi) is 2.21. The molecular formula is C10H7FN2O2. The number of benzene rings is 1. The van der Waals surface area contributed by atoms with Crippen LogP contribution in [0.15, 0.2) is 35.1 Å². The Labute approximate surface area is 84.0 Å². The van der Waals surface area contributed by atoms with Crippen molar-refractivity contribution in [3.05, 3.63) is 46.5 Å². The second kappa shape index (κ2) is 3.53. The molecule has 4 nitrogen and oxygen atoms in total. The first-order valence-corrected chi connectivity index (χ1v) is 4.22. The standard InChI is InChI=1S/C10H7FN2O2/c11-6-2-1-3-8(14)10(6)7-4-5-9(15)13-12-7/h1-5,14H,(H,13,15). The molecule has 2 rings (SSSR count). The number of nitrogens with zero attached hydrogens (tertiary/aromatic N) is 1. The maximum Gasteiger partial charge on any atom is 0.264 e. The average molecular weight is 206 g/mol. The summed E-state index contributed by atoms with van der Waals surface area (Å²) in [5.41, 5.74) is -0.214. The summed E-state index contributed by atoms with van der Waals surface area (Å²) in [6.07, 6.45) is 0. The molecule has 0 radical (unpaired) electrons. The number of hydrogen-bond acceptors (Lipinski definition) is 3. The Morgan fingerprint density at radius 3 is 2.67 bits per heavy atom. The van der Waals surface area contributed by atoms with Gasteiger partial charge in [0.25, 0.3) is 5.56 Å². The van der Waals surface area contributed by atoms with Gasteiger partial charge in [-0.1, -0.05) is 6.07 Å². The van der Waals surface area contributed by atoms with Crippen LogP contribution in [0.1, 0.15) is 0 Å². The van der Waals surface area contributed by atoms with Crippen molar-refractivity contribution in [2.45, 2.75) is 0 Å². The van der Waals surface area contributed by atoms with E-state index in [0.29, 0.717) is 0 Å². The van der Waals surface area contributed by atoms with Crippen LogP contribution >= 0.6 is 0 Å². The Morgan fingerprint density at radius 1 is 1.27 bits per heavy atom. The number of aromatic nitrogens is 2. The largest absolute Gasteiger partial charge is 0.507 e. The predicted molar refractivity (Wildman–Crippen MR) is 51.9 cm³/mol. The van der Waals surface area contributed by atoms with Crippen molar-refractivity contribution < 1.29 is 9.50 Å². The first kappa shape index (κ1) is 9.39. The van der Waals surface area contributed by atoms with E-state index in [1.165, 1.54) is 30.3 Å². The van der Waals surface area contributed by atoms with Crippen LogP contribution in [0.2, 0.25) is 0 Å². The Bertz CT molecular complexity index is 511. The maximum absolute atomic E-state index is 13.3. The summed E-state index contributed by atoms with van der Waals surface area (Å²) in [7, 11) is 0. The van der Waals surface area contributed by atoms with Crippen molar-refractivity contribution in [3.63, 3.8) is 0 Å². The lowest BCUT2D eigenvalue weighted by Crippen LogP contribution is -2.06. The summed E-state index contributed by atoms with van der Waals surface area (Å²) in [5, 5.41) is 15.2. The number of hydrogen-bond donors (Lipinski definition) is 2. The topological polar surface area (TPSA) is 66.0 Å². The minimum Gasteiger partial charge on any atom is -0.507 e. The molecule has 15 heavy (non-hydrogen) atoms. The number of nitrogens with one attached hydrogen (secondary N) is 1. The first-order chi connectivity index (χ1) is 7.18. The number of phenols is 1. The van der Waals surface area contributed by atoms with E-state index in [9.17, 15) is 14.3 Å². The molecule has 0 saturated carbocycles. The summed E-state index contributed by atoms with van der Waals surface area (Å²) < 4.78 is 13.3. The molecule has 1 heterocycles. The molecule has 2 aromatic rings. The molecule has 0 bridgehead atoms. The Morgan fingerprint density at radius 2 is 2.07 bits per heavy atom. The van der Waals surface area contributed by atoms with E-state index in [1.54, 1.807) is 0 Å². The molecule has 0 aliphatic heterocycles. The summed E-state index contributed by atoms with van der Waals surface area (Å²) in [5.74, 6) is -0.802. The van der Waals surface area contributed by atoms with Gasteiger partial charge in [0.15, 0.2) is 0 Å². The van der Waals surface area contributed by atoms with Gasteiger partial charge < -0.3 is 5.11 Å². The number of H-pyrrole nitrogens is 1. The van der Waals surface area contributed by atoms with Gasteiger partial charge in [0.05, 0.1) is 11.3 Å². The van der Waals surface area contributed by atoms with Crippen molar-refractivity contribution in [1.82, 2.24) is 10.2 Å². The third-order valence-electron chi connectivity index (χ3n) is 1.93. The van der Waals surface area contributed by atoms with Crippen molar-refractivity contribution >= 4 is 0 Å². The van der Waals surface area contributed by atoms with Gasteiger partial charge in [0, 0.05) is 6.07 Å². The fraction of sp³-hybridized carbons (Fsp3) is 0. The quantitative estimate of drug-likeness (QED) is 0.738. The molecule has 1 aromatic heterocycles. The number of halogens is 1. The van der Waals surface area contributed by atoms with E-state index in [-0.39, 0.29) is 22.6 Å². The van der Waals surface area contributed by atoms with Crippen LogP contribution in [0.5, 0.6) is 5.75 Å². The molecule has 0 amide bonds. The lowest BCUT2D eigenvalue weighted by Gasteiger charge is -2.03. The molecular weight excluding hydrogens is 199 g/mol. The van der Waals surface area contributed by atoms with E-state index in [1.807, 2.05) is 0 Å². The average Bonchev–Trinajstić information content (AvgIpc) is 2.20. The highest BCUT2D eigenvalue weighted by molar-refractivity contribution is 5.66. The van der Waals surface area contributed by atoms with Crippen LogP contribution in [-0.2, 0) is 0 Å². The van der Waals surface area contributed by atoms with E-state index in [4.69, 9.17) is 0 Å². The van der Waals surface area contributed by atoms with Crippen molar-refractivity contribution in [1.29, 1.82) is 0 Å². The smallest absolute Gasteiger partial charge is 0.264 e. The zero-order valence-corrected chi connectivity index (χ0v) is 7.57. The van der Waals surface area contributed by atoms with Gasteiger partial charge in [-0.2, -0.15) is 5.10 Å². The van der Waals surface area contributed by atoms with E-state index in [2.05, 4.69) is 10.2 Å². The molecule has 76 valence electrons. The molecule has 0 unspecified atom stereocenters. The highest BCUT2D eigenvalue weighted by Crippen LogP contribution is 2.28. The maximum atomic E-state index is 13.3. The molecule has 0 aliphatic carbocycles. The summed E-state index contributed by atoms with van der Waals surface area (Å²) in [4.78, 5) is 10.7. The van der Waals surface area contributed by atoms with Crippen LogP contribution in [0.3, 0.4) is 0 Å².